The maximum atomic E-state index is 9.77. The fourth-order valence-corrected chi connectivity index (χ4v) is 4.21. The number of phenolic OH excluding ortho intramolecular Hbond substituents is 2. The molecule has 24 heavy (non-hydrogen) atoms. The molecule has 1 aliphatic rings. The van der Waals surface area contributed by atoms with Gasteiger partial charge in [0.25, 0.3) is 0 Å². The van der Waals surface area contributed by atoms with E-state index >= 15 is 0 Å². The van der Waals surface area contributed by atoms with Crippen LogP contribution in [0.25, 0.3) is 10.2 Å². The minimum Gasteiger partial charge on any atom is -0.508 e. The second-order valence-corrected chi connectivity index (χ2v) is 6.81. The fraction of sp³-hybridized carbons (Fsp3) is 0.235. The molecule has 0 spiro atoms. The van der Waals surface area contributed by atoms with E-state index in [2.05, 4.69) is 20.5 Å². The van der Waals surface area contributed by atoms with Crippen molar-refractivity contribution in [3.05, 3.63) is 40.5 Å². The molecule has 7 heteroatoms. The van der Waals surface area contributed by atoms with Crippen LogP contribution in [0.4, 0.5) is 5.82 Å². The van der Waals surface area contributed by atoms with Crippen LogP contribution in [0.5, 0.6) is 11.5 Å². The van der Waals surface area contributed by atoms with Gasteiger partial charge in [0.05, 0.1) is 11.6 Å². The molecule has 0 amide bonds. The lowest BCUT2D eigenvalue weighted by Crippen LogP contribution is -2.01. The maximum Gasteiger partial charge on any atom is 0.158 e. The monoisotopic (exact) mass is 340 g/mol. The maximum absolute atomic E-state index is 9.77. The van der Waals surface area contributed by atoms with Gasteiger partial charge in [-0.2, -0.15) is 5.10 Å². The highest BCUT2D eigenvalue weighted by Gasteiger charge is 2.19. The van der Waals surface area contributed by atoms with E-state index in [9.17, 15) is 10.2 Å². The van der Waals surface area contributed by atoms with Crippen molar-refractivity contribution in [3.8, 4) is 11.5 Å². The number of hydrazone groups is 1. The number of rotatable bonds is 3. The summed E-state index contributed by atoms with van der Waals surface area (Å²) in [6, 6.07) is 4.29. The predicted octanol–water partition coefficient (Wildman–Crippen LogP) is 3.43. The molecular formula is C17H16N4O2S. The molecule has 0 unspecified atom stereocenters. The minimum atomic E-state index is 0.0547. The lowest BCUT2D eigenvalue weighted by molar-refractivity contribution is 0.459. The van der Waals surface area contributed by atoms with E-state index in [1.54, 1.807) is 11.3 Å². The Morgan fingerprint density at radius 1 is 1.17 bits per heavy atom. The number of nitrogens with one attached hydrogen (secondary N) is 1. The highest BCUT2D eigenvalue weighted by molar-refractivity contribution is 7.19. The molecular weight excluding hydrogens is 324 g/mol. The van der Waals surface area contributed by atoms with Crippen molar-refractivity contribution in [1.82, 2.24) is 9.97 Å². The van der Waals surface area contributed by atoms with E-state index in [1.165, 1.54) is 54.0 Å². The second kappa shape index (κ2) is 6.09. The van der Waals surface area contributed by atoms with Crippen LogP contribution in [0, 0.1) is 0 Å². The summed E-state index contributed by atoms with van der Waals surface area (Å²) in [5.74, 6) is 0.806. The van der Waals surface area contributed by atoms with E-state index < -0.39 is 0 Å². The molecule has 1 aliphatic carbocycles. The van der Waals surface area contributed by atoms with Crippen molar-refractivity contribution in [1.29, 1.82) is 0 Å². The second-order valence-electron chi connectivity index (χ2n) is 5.73. The molecule has 3 aromatic rings. The number of phenols is 2. The highest BCUT2D eigenvalue weighted by atomic mass is 32.1. The third-order valence-corrected chi connectivity index (χ3v) is 5.34. The van der Waals surface area contributed by atoms with Crippen LogP contribution in [0.1, 0.15) is 28.8 Å². The lowest BCUT2D eigenvalue weighted by Gasteiger charge is -2.11. The van der Waals surface area contributed by atoms with Gasteiger partial charge >= 0.3 is 0 Å². The molecule has 0 fully saturated rings. The third kappa shape index (κ3) is 2.67. The molecule has 3 N–H and O–H groups in total. The largest absolute Gasteiger partial charge is 0.508 e. The molecule has 2 aromatic heterocycles. The van der Waals surface area contributed by atoms with E-state index in [0.29, 0.717) is 11.4 Å². The Morgan fingerprint density at radius 3 is 2.96 bits per heavy atom. The van der Waals surface area contributed by atoms with Gasteiger partial charge in [0.1, 0.15) is 22.7 Å². The van der Waals surface area contributed by atoms with Crippen molar-refractivity contribution in [2.45, 2.75) is 25.7 Å². The van der Waals surface area contributed by atoms with Crippen molar-refractivity contribution in [3.63, 3.8) is 0 Å². The molecule has 122 valence electrons. The predicted molar refractivity (Wildman–Crippen MR) is 95.0 cm³/mol. The van der Waals surface area contributed by atoms with E-state index in [4.69, 9.17) is 0 Å². The van der Waals surface area contributed by atoms with Crippen LogP contribution >= 0.6 is 11.3 Å². The lowest BCUT2D eigenvalue weighted by atomic mass is 9.97. The van der Waals surface area contributed by atoms with Crippen LogP contribution in [0.3, 0.4) is 0 Å². The van der Waals surface area contributed by atoms with Crippen molar-refractivity contribution in [2.24, 2.45) is 5.10 Å². The smallest absolute Gasteiger partial charge is 0.158 e. The van der Waals surface area contributed by atoms with Crippen LogP contribution in [-0.4, -0.2) is 26.4 Å². The van der Waals surface area contributed by atoms with E-state index in [-0.39, 0.29) is 11.5 Å². The van der Waals surface area contributed by atoms with Crippen molar-refractivity contribution < 1.29 is 10.2 Å². The Bertz CT molecular complexity index is 936. The molecule has 2 heterocycles. The minimum absolute atomic E-state index is 0.0547. The summed E-state index contributed by atoms with van der Waals surface area (Å²) in [5, 5.41) is 24.5. The number of aryl methyl sites for hydroxylation is 2. The summed E-state index contributed by atoms with van der Waals surface area (Å²) >= 11 is 1.73. The number of hydrogen-bond acceptors (Lipinski definition) is 7. The quantitative estimate of drug-likeness (QED) is 0.386. The molecule has 0 radical (unpaired) electrons. The van der Waals surface area contributed by atoms with E-state index in [1.807, 2.05) is 0 Å². The van der Waals surface area contributed by atoms with Crippen LogP contribution in [0.2, 0.25) is 0 Å². The molecule has 4 rings (SSSR count). The van der Waals surface area contributed by atoms with Crippen molar-refractivity contribution in [2.75, 3.05) is 5.43 Å². The number of anilines is 1. The first-order valence-electron chi connectivity index (χ1n) is 7.78. The summed E-state index contributed by atoms with van der Waals surface area (Å²) in [5.41, 5.74) is 4.72. The van der Waals surface area contributed by atoms with Gasteiger partial charge in [0.2, 0.25) is 0 Å². The first-order valence-corrected chi connectivity index (χ1v) is 8.60. The number of hydrogen-bond donors (Lipinski definition) is 3. The highest BCUT2D eigenvalue weighted by Crippen LogP contribution is 2.38. The zero-order valence-corrected chi connectivity index (χ0v) is 13.7. The summed E-state index contributed by atoms with van der Waals surface area (Å²) in [6.07, 6.45) is 7.57. The van der Waals surface area contributed by atoms with Gasteiger partial charge in [0, 0.05) is 10.4 Å². The Morgan fingerprint density at radius 2 is 2.04 bits per heavy atom. The zero-order chi connectivity index (χ0) is 16.5. The molecule has 0 bridgehead atoms. The van der Waals surface area contributed by atoms with Gasteiger partial charge in [-0.1, -0.05) is 0 Å². The van der Waals surface area contributed by atoms with Crippen LogP contribution in [0.15, 0.2) is 29.6 Å². The normalized spacial score (nSPS) is 14.2. The third-order valence-electron chi connectivity index (χ3n) is 4.14. The van der Waals surface area contributed by atoms with Gasteiger partial charge in [-0.25, -0.2) is 9.97 Å². The number of fused-ring (bicyclic) bond motifs is 3. The summed E-state index contributed by atoms with van der Waals surface area (Å²) in [6.45, 7) is 0. The molecule has 6 nitrogen and oxygen atoms in total. The fourth-order valence-electron chi connectivity index (χ4n) is 2.98. The number of thiophene rings is 1. The number of benzene rings is 1. The standard InChI is InChI=1S/C17H16N4O2S/c22-11-5-6-13(23)10(7-11)8-20-21-16-15-12-3-1-2-4-14(12)24-17(15)19-9-18-16/h5-9,22-23H,1-4H2,(H,18,19,21)/b20-8+. The summed E-state index contributed by atoms with van der Waals surface area (Å²) in [7, 11) is 0. The SMILES string of the molecule is Oc1ccc(O)c(/C=N/Nc2ncnc3sc4c(c23)CCCC4)c1. The Hall–Kier alpha value is -2.67. The zero-order valence-electron chi connectivity index (χ0n) is 12.9. The Balaban J connectivity index is 1.66. The van der Waals surface area contributed by atoms with Crippen LogP contribution < -0.4 is 5.43 Å². The van der Waals surface area contributed by atoms with Gasteiger partial charge in [-0.15, -0.1) is 11.3 Å². The van der Waals surface area contributed by atoms with Gasteiger partial charge in [-0.05, 0) is 49.4 Å². The number of nitrogens with zero attached hydrogens (tertiary/aromatic N) is 3. The van der Waals surface area contributed by atoms with Gasteiger partial charge in [-0.3, -0.25) is 5.43 Å². The van der Waals surface area contributed by atoms with E-state index in [0.717, 1.165) is 23.1 Å². The van der Waals surface area contributed by atoms with Gasteiger partial charge in [0.15, 0.2) is 5.82 Å². The average molecular weight is 340 g/mol. The molecule has 1 aromatic carbocycles. The van der Waals surface area contributed by atoms with Gasteiger partial charge < -0.3 is 10.2 Å². The summed E-state index contributed by atoms with van der Waals surface area (Å²) in [4.78, 5) is 11.1. The molecule has 0 saturated carbocycles. The first kappa shape index (κ1) is 14.9. The van der Waals surface area contributed by atoms with Crippen LogP contribution in [-0.2, 0) is 12.8 Å². The number of aromatic nitrogens is 2. The first-order chi connectivity index (χ1) is 11.7. The average Bonchev–Trinajstić information content (AvgIpc) is 2.97. The molecule has 0 atom stereocenters. The summed E-state index contributed by atoms with van der Waals surface area (Å²) < 4.78 is 0. The molecule has 0 saturated heterocycles. The Kier molecular flexibility index (Phi) is 3.78. The molecule has 0 aliphatic heterocycles. The van der Waals surface area contributed by atoms with Crippen molar-refractivity contribution >= 4 is 33.6 Å². The Labute approximate surface area is 142 Å². The number of aromatic hydroxyl groups is 2. The topological polar surface area (TPSA) is 90.6 Å².